The minimum Gasteiger partial charge on any atom is -0.485 e. The number of fused-ring (bicyclic) bond motifs is 1. The minimum absolute atomic E-state index is 0.0548. The summed E-state index contributed by atoms with van der Waals surface area (Å²) in [6, 6.07) is 12.5. The van der Waals surface area contributed by atoms with Crippen molar-refractivity contribution < 1.29 is 23.8 Å². The average Bonchev–Trinajstić information content (AvgIpc) is 2.83. The van der Waals surface area contributed by atoms with Crippen molar-refractivity contribution in [2.75, 3.05) is 7.11 Å². The fourth-order valence-electron chi connectivity index (χ4n) is 4.35. The number of hydrogen-bond acceptors (Lipinski definition) is 4. The summed E-state index contributed by atoms with van der Waals surface area (Å²) in [5.41, 5.74) is 5.09. The number of aliphatic carboxylic acids is 1. The van der Waals surface area contributed by atoms with Gasteiger partial charge in [0.1, 0.15) is 17.7 Å². The summed E-state index contributed by atoms with van der Waals surface area (Å²) in [6.07, 6.45) is 2.56. The first-order valence-electron chi connectivity index (χ1n) is 11.1. The highest BCUT2D eigenvalue weighted by Crippen LogP contribution is 2.39. The second-order valence-corrected chi connectivity index (χ2v) is 8.33. The second-order valence-electron chi connectivity index (χ2n) is 8.33. The van der Waals surface area contributed by atoms with Gasteiger partial charge in [0, 0.05) is 23.4 Å². The van der Waals surface area contributed by atoms with E-state index in [4.69, 9.17) is 9.47 Å². The van der Waals surface area contributed by atoms with Gasteiger partial charge < -0.3 is 14.6 Å². The standard InChI is InChI=1S/C28H26FNO4/c1-4-5-18(15-28(31)32)19-7-10-25-21(13-19)8-11-26(34-25)22-14-20(6-9-24(22)29)23-16-30-27(33-3)12-17(23)2/h6-7,9-10,12-14,16,18,26H,8,11,15H2,1-3H3,(H,31,32). The van der Waals surface area contributed by atoms with Crippen LogP contribution in [0.1, 0.15) is 54.0 Å². The molecule has 1 aliphatic rings. The van der Waals surface area contributed by atoms with E-state index in [0.29, 0.717) is 30.0 Å². The van der Waals surface area contributed by atoms with Crippen LogP contribution in [-0.2, 0) is 11.2 Å². The lowest BCUT2D eigenvalue weighted by Gasteiger charge is -2.28. The number of benzene rings is 2. The zero-order valence-electron chi connectivity index (χ0n) is 19.4. The van der Waals surface area contributed by atoms with Gasteiger partial charge in [-0.1, -0.05) is 24.1 Å². The molecule has 0 fully saturated rings. The van der Waals surface area contributed by atoms with Crippen molar-refractivity contribution >= 4 is 5.97 Å². The summed E-state index contributed by atoms with van der Waals surface area (Å²) < 4.78 is 26.2. The van der Waals surface area contributed by atoms with E-state index in [-0.39, 0.29) is 18.2 Å². The zero-order valence-corrected chi connectivity index (χ0v) is 19.4. The van der Waals surface area contributed by atoms with E-state index >= 15 is 0 Å². The number of carboxylic acids is 1. The van der Waals surface area contributed by atoms with E-state index in [2.05, 4.69) is 16.8 Å². The Kier molecular flexibility index (Phi) is 6.83. The molecule has 174 valence electrons. The Bertz CT molecular complexity index is 1290. The Labute approximate surface area is 198 Å². The Balaban J connectivity index is 1.60. The molecule has 0 aliphatic carbocycles. The normalized spacial score (nSPS) is 15.4. The van der Waals surface area contributed by atoms with Gasteiger partial charge >= 0.3 is 5.97 Å². The molecule has 2 atom stereocenters. The summed E-state index contributed by atoms with van der Waals surface area (Å²) in [6.45, 7) is 3.67. The van der Waals surface area contributed by atoms with E-state index in [1.165, 1.54) is 6.07 Å². The van der Waals surface area contributed by atoms with Gasteiger partial charge in [-0.3, -0.25) is 4.79 Å². The van der Waals surface area contributed by atoms with Crippen LogP contribution in [-0.4, -0.2) is 23.2 Å². The number of rotatable bonds is 6. The van der Waals surface area contributed by atoms with Crippen LogP contribution in [0.2, 0.25) is 0 Å². The molecular formula is C28H26FNO4. The molecule has 0 bridgehead atoms. The number of carbonyl (C=O) groups is 1. The van der Waals surface area contributed by atoms with Crippen LogP contribution in [0.4, 0.5) is 4.39 Å². The molecule has 2 aromatic carbocycles. The number of methoxy groups -OCH3 is 1. The second kappa shape index (κ2) is 9.96. The highest BCUT2D eigenvalue weighted by Gasteiger charge is 2.26. The molecule has 0 radical (unpaired) electrons. The van der Waals surface area contributed by atoms with Gasteiger partial charge in [-0.25, -0.2) is 9.37 Å². The number of halogens is 1. The van der Waals surface area contributed by atoms with Crippen LogP contribution in [0.5, 0.6) is 11.6 Å². The molecule has 0 amide bonds. The van der Waals surface area contributed by atoms with Crippen LogP contribution in [0.3, 0.4) is 0 Å². The van der Waals surface area contributed by atoms with Gasteiger partial charge in [0.2, 0.25) is 5.88 Å². The third-order valence-corrected chi connectivity index (χ3v) is 6.08. The van der Waals surface area contributed by atoms with Crippen LogP contribution in [0.25, 0.3) is 11.1 Å². The molecule has 0 spiro atoms. The maximum Gasteiger partial charge on any atom is 0.304 e. The first-order valence-corrected chi connectivity index (χ1v) is 11.1. The lowest BCUT2D eigenvalue weighted by molar-refractivity contribution is -0.137. The van der Waals surface area contributed by atoms with Crippen molar-refractivity contribution in [1.29, 1.82) is 0 Å². The van der Waals surface area contributed by atoms with Crippen molar-refractivity contribution in [3.8, 4) is 34.6 Å². The number of aromatic nitrogens is 1. The van der Waals surface area contributed by atoms with Crippen LogP contribution >= 0.6 is 0 Å². The molecule has 34 heavy (non-hydrogen) atoms. The average molecular weight is 460 g/mol. The fourth-order valence-corrected chi connectivity index (χ4v) is 4.35. The zero-order chi connectivity index (χ0) is 24.2. The maximum atomic E-state index is 14.9. The molecule has 6 heteroatoms. The van der Waals surface area contributed by atoms with Crippen molar-refractivity contribution in [3.05, 3.63) is 76.7 Å². The largest absolute Gasteiger partial charge is 0.485 e. The molecule has 2 heterocycles. The van der Waals surface area contributed by atoms with Gasteiger partial charge in [0.25, 0.3) is 0 Å². The van der Waals surface area contributed by atoms with E-state index in [9.17, 15) is 14.3 Å². The third-order valence-electron chi connectivity index (χ3n) is 6.08. The fraction of sp³-hybridized carbons (Fsp3) is 0.286. The lowest BCUT2D eigenvalue weighted by atomic mass is 9.90. The molecule has 4 rings (SSSR count). The first-order chi connectivity index (χ1) is 16.4. The minimum atomic E-state index is -0.889. The van der Waals surface area contributed by atoms with Crippen LogP contribution in [0.15, 0.2) is 48.7 Å². The number of nitrogens with zero attached hydrogens (tertiary/aromatic N) is 1. The van der Waals surface area contributed by atoms with E-state index in [0.717, 1.165) is 27.8 Å². The highest BCUT2D eigenvalue weighted by atomic mass is 19.1. The van der Waals surface area contributed by atoms with Gasteiger partial charge in [0.15, 0.2) is 0 Å². The van der Waals surface area contributed by atoms with Crippen molar-refractivity contribution in [2.45, 2.75) is 45.1 Å². The molecule has 0 saturated carbocycles. The maximum absolute atomic E-state index is 14.9. The predicted octanol–water partition coefficient (Wildman–Crippen LogP) is 5.85. The summed E-state index contributed by atoms with van der Waals surface area (Å²) in [7, 11) is 1.57. The predicted molar refractivity (Wildman–Crippen MR) is 127 cm³/mol. The lowest BCUT2D eigenvalue weighted by Crippen LogP contribution is -2.17. The van der Waals surface area contributed by atoms with E-state index in [1.54, 1.807) is 26.3 Å². The molecule has 1 N–H and O–H groups in total. The Morgan fingerprint density at radius 1 is 1.29 bits per heavy atom. The summed E-state index contributed by atoms with van der Waals surface area (Å²) >= 11 is 0. The number of hydrogen-bond donors (Lipinski definition) is 1. The number of carboxylic acid groups (broad SMARTS) is 1. The van der Waals surface area contributed by atoms with E-state index < -0.39 is 12.1 Å². The molecule has 3 aromatic rings. The molecule has 1 aliphatic heterocycles. The smallest absolute Gasteiger partial charge is 0.304 e. The van der Waals surface area contributed by atoms with Gasteiger partial charge in [0.05, 0.1) is 19.4 Å². The van der Waals surface area contributed by atoms with Gasteiger partial charge in [-0.15, -0.1) is 5.92 Å². The number of aryl methyl sites for hydroxylation is 2. The Hall–Kier alpha value is -3.85. The number of ether oxygens (including phenoxy) is 2. The van der Waals surface area contributed by atoms with Crippen LogP contribution in [0, 0.1) is 24.6 Å². The summed E-state index contributed by atoms with van der Waals surface area (Å²) in [5, 5.41) is 9.21. The molecule has 2 unspecified atom stereocenters. The Morgan fingerprint density at radius 2 is 2.12 bits per heavy atom. The first kappa shape index (κ1) is 23.3. The van der Waals surface area contributed by atoms with Crippen molar-refractivity contribution in [2.24, 2.45) is 0 Å². The topological polar surface area (TPSA) is 68.7 Å². The highest BCUT2D eigenvalue weighted by molar-refractivity contribution is 5.69. The Morgan fingerprint density at radius 3 is 2.82 bits per heavy atom. The quantitative estimate of drug-likeness (QED) is 0.468. The third kappa shape index (κ3) is 4.89. The van der Waals surface area contributed by atoms with Gasteiger partial charge in [-0.2, -0.15) is 0 Å². The molecule has 1 aromatic heterocycles. The monoisotopic (exact) mass is 459 g/mol. The van der Waals surface area contributed by atoms with Crippen LogP contribution < -0.4 is 9.47 Å². The molecule has 0 saturated heterocycles. The molecular weight excluding hydrogens is 433 g/mol. The summed E-state index contributed by atoms with van der Waals surface area (Å²) in [5.74, 6) is 5.44. The van der Waals surface area contributed by atoms with E-state index in [1.807, 2.05) is 37.3 Å². The van der Waals surface area contributed by atoms with Crippen molar-refractivity contribution in [1.82, 2.24) is 4.98 Å². The SMILES string of the molecule is CC#CC(CC(=O)O)c1ccc2c(c1)CCC(c1cc(-c3cnc(OC)cc3C)ccc1F)O2. The molecule has 5 nitrogen and oxygen atoms in total. The van der Waals surface area contributed by atoms with Crippen molar-refractivity contribution in [3.63, 3.8) is 0 Å². The summed E-state index contributed by atoms with van der Waals surface area (Å²) in [4.78, 5) is 15.5. The number of pyridine rings is 1. The van der Waals surface area contributed by atoms with Gasteiger partial charge in [-0.05, 0) is 67.1 Å².